The molecule has 0 saturated carbocycles. The van der Waals surface area contributed by atoms with Crippen molar-refractivity contribution in [1.82, 2.24) is 19.8 Å². The minimum Gasteiger partial charge on any atom is -0.756 e. The van der Waals surface area contributed by atoms with E-state index in [1.54, 1.807) is 0 Å². The maximum Gasteiger partial charge on any atom is 0.317 e. The van der Waals surface area contributed by atoms with Gasteiger partial charge in [0.15, 0.2) is 0 Å². The third-order valence-electron chi connectivity index (χ3n) is 5.59. The first-order valence-corrected chi connectivity index (χ1v) is 14.9. The molecule has 0 fully saturated rings. The fraction of sp³-hybridized carbons (Fsp3) is 0.455. The van der Waals surface area contributed by atoms with E-state index in [4.69, 9.17) is 9.79 Å². The molecule has 0 amide bonds. The van der Waals surface area contributed by atoms with Crippen LogP contribution in [0.4, 0.5) is 0 Å². The number of rotatable bonds is 17. The van der Waals surface area contributed by atoms with Gasteiger partial charge in [0.2, 0.25) is 0 Å². The number of pyridine rings is 2. The maximum atomic E-state index is 11.5. The molecule has 2 unspecified atom stereocenters. The number of nitrogens with zero attached hydrogens (tertiary/aromatic N) is 4. The van der Waals surface area contributed by atoms with Crippen molar-refractivity contribution in [2.75, 3.05) is 26.2 Å². The first-order valence-electron chi connectivity index (χ1n) is 11.9. The molecule has 0 bridgehead atoms. The fourth-order valence-corrected chi connectivity index (χ4v) is 4.46. The number of carbonyl (C=O) groups is 2. The van der Waals surface area contributed by atoms with Crippen molar-refractivity contribution in [1.29, 1.82) is 0 Å². The molecular weight excluding hydrogens is 661 g/mol. The van der Waals surface area contributed by atoms with Gasteiger partial charge in [-0.1, -0.05) is 0 Å². The molecule has 0 aliphatic heterocycles. The zero-order chi connectivity index (χ0) is 31.8. The molecule has 0 aliphatic rings. The second kappa shape index (κ2) is 16.5. The summed E-state index contributed by atoms with van der Waals surface area (Å²) in [6, 6.07) is 2.52. The molecular formula is C22H30MnN4O14P2-2. The number of aliphatic carboxylic acids is 2. The number of aryl methyl sites for hydroxylation is 2. The molecule has 0 aliphatic carbocycles. The molecule has 6 N–H and O–H groups in total. The topological polar surface area (TPSA) is 286 Å². The van der Waals surface area contributed by atoms with Crippen LogP contribution in [-0.2, 0) is 71.1 Å². The van der Waals surface area contributed by atoms with Gasteiger partial charge in [0.1, 0.15) is 11.5 Å². The third-order valence-corrected chi connectivity index (χ3v) is 6.50. The van der Waals surface area contributed by atoms with Crippen LogP contribution in [0.3, 0.4) is 0 Å². The molecule has 241 valence electrons. The Kier molecular flexibility index (Phi) is 14.8. The van der Waals surface area contributed by atoms with E-state index < -0.39 is 53.9 Å². The number of carboxylic acid groups (broad SMARTS) is 2. The predicted molar refractivity (Wildman–Crippen MR) is 136 cm³/mol. The molecule has 0 aromatic carbocycles. The van der Waals surface area contributed by atoms with Crippen LogP contribution in [0.25, 0.3) is 0 Å². The number of phosphoric ester groups is 2. The Morgan fingerprint density at radius 2 is 1.12 bits per heavy atom. The first-order chi connectivity index (χ1) is 19.3. The van der Waals surface area contributed by atoms with Gasteiger partial charge in [-0.05, 0) is 26.0 Å². The normalized spacial score (nSPS) is 14.2. The van der Waals surface area contributed by atoms with E-state index in [2.05, 4.69) is 19.0 Å². The van der Waals surface area contributed by atoms with Crippen molar-refractivity contribution in [3.05, 3.63) is 46.0 Å². The summed E-state index contributed by atoms with van der Waals surface area (Å²) in [6.07, 6.45) is 0. The predicted octanol–water partition coefficient (Wildman–Crippen LogP) is -1.07. The van der Waals surface area contributed by atoms with Crippen molar-refractivity contribution in [3.63, 3.8) is 0 Å². The zero-order valence-electron chi connectivity index (χ0n) is 22.8. The van der Waals surface area contributed by atoms with Crippen LogP contribution >= 0.6 is 15.6 Å². The summed E-state index contributed by atoms with van der Waals surface area (Å²) >= 11 is 0. The van der Waals surface area contributed by atoms with Crippen LogP contribution in [-0.4, -0.2) is 88.1 Å². The second-order valence-electron chi connectivity index (χ2n) is 9.11. The maximum absolute atomic E-state index is 11.5. The number of hydrogen-bond donors (Lipinski definition) is 6. The van der Waals surface area contributed by atoms with E-state index >= 15 is 0 Å². The summed E-state index contributed by atoms with van der Waals surface area (Å²) in [4.78, 5) is 73.3. The molecule has 2 rings (SSSR count). The number of aromatic nitrogens is 2. The summed E-state index contributed by atoms with van der Waals surface area (Å²) < 4.78 is 30.5. The molecule has 2 atom stereocenters. The molecule has 2 aromatic rings. The Morgan fingerprint density at radius 1 is 0.791 bits per heavy atom. The molecule has 0 spiro atoms. The van der Waals surface area contributed by atoms with Gasteiger partial charge in [-0.15, -0.1) is 0 Å². The molecule has 43 heavy (non-hydrogen) atoms. The first kappa shape index (κ1) is 38.5. The van der Waals surface area contributed by atoms with E-state index in [0.29, 0.717) is 0 Å². The van der Waals surface area contributed by atoms with Gasteiger partial charge in [0.05, 0.1) is 49.1 Å². The van der Waals surface area contributed by atoms with E-state index in [1.807, 2.05) is 0 Å². The summed E-state index contributed by atoms with van der Waals surface area (Å²) in [6.45, 7) is -0.0869. The van der Waals surface area contributed by atoms with Crippen molar-refractivity contribution in [2.24, 2.45) is 0 Å². The largest absolute Gasteiger partial charge is 0.756 e. The summed E-state index contributed by atoms with van der Waals surface area (Å²) in [5, 5.41) is 39.8. The van der Waals surface area contributed by atoms with Crippen LogP contribution in [0.15, 0.2) is 12.1 Å². The summed E-state index contributed by atoms with van der Waals surface area (Å²) in [7, 11) is -10.1. The van der Waals surface area contributed by atoms with Crippen LogP contribution in [0.1, 0.15) is 33.9 Å². The van der Waals surface area contributed by atoms with Crippen LogP contribution in [0.2, 0.25) is 0 Å². The molecule has 1 radical (unpaired) electrons. The van der Waals surface area contributed by atoms with Crippen LogP contribution in [0, 0.1) is 13.8 Å². The molecule has 2 heterocycles. The minimum atomic E-state index is -5.06. The number of aromatic hydroxyl groups is 2. The average molecular weight is 691 g/mol. The third kappa shape index (κ3) is 14.2. The Bertz CT molecular complexity index is 1280. The standard InChI is InChI=1S/C22H32N4O14P2.Mn/c1-13-21(31)15(5-17(23-13)11-39-41(33,34)35)7-25(9-19(27)28)3-4-26(10-20(29)30)8-16-6-18(12-40-42(36,37)38)24-14(2)22(16)32;/h5-6,31-32H,3-4,7-12H2,1-2H3,(H,27,28)(H,29,30)(H2,33,34,35)(H2,36,37,38);/p-2. The molecule has 0 saturated heterocycles. The molecule has 2 aromatic heterocycles. The summed E-state index contributed by atoms with van der Waals surface area (Å²) in [5.41, 5.74) is 0.489. The molecule has 18 nitrogen and oxygen atoms in total. The Hall–Kier alpha value is -2.50. The van der Waals surface area contributed by atoms with E-state index in [9.17, 15) is 48.9 Å². The van der Waals surface area contributed by atoms with Crippen LogP contribution in [0.5, 0.6) is 11.5 Å². The van der Waals surface area contributed by atoms with Crippen molar-refractivity contribution in [3.8, 4) is 11.5 Å². The van der Waals surface area contributed by atoms with Crippen molar-refractivity contribution < 1.29 is 84.8 Å². The van der Waals surface area contributed by atoms with E-state index in [0.717, 1.165) is 0 Å². The minimum absolute atomic E-state index is 0. The van der Waals surface area contributed by atoms with Gasteiger partial charge in [0.25, 0.3) is 15.6 Å². The number of hydrogen-bond acceptors (Lipinski definition) is 14. The zero-order valence-corrected chi connectivity index (χ0v) is 25.8. The monoisotopic (exact) mass is 691 g/mol. The fourth-order valence-electron chi connectivity index (χ4n) is 3.86. The van der Waals surface area contributed by atoms with Gasteiger partial charge < -0.3 is 49.0 Å². The van der Waals surface area contributed by atoms with Crippen molar-refractivity contribution >= 4 is 27.6 Å². The quantitative estimate of drug-likeness (QED) is 0.0850. The Labute approximate surface area is 255 Å². The van der Waals surface area contributed by atoms with Crippen LogP contribution < -0.4 is 9.79 Å². The smallest absolute Gasteiger partial charge is 0.317 e. The second-order valence-corrected chi connectivity index (χ2v) is 11.5. The van der Waals surface area contributed by atoms with Gasteiger partial charge in [0, 0.05) is 54.4 Å². The van der Waals surface area contributed by atoms with Gasteiger partial charge in [-0.3, -0.25) is 38.5 Å². The van der Waals surface area contributed by atoms with Crippen molar-refractivity contribution in [2.45, 2.75) is 40.2 Å². The molecule has 21 heteroatoms. The number of carboxylic acids is 2. The van der Waals surface area contributed by atoms with Gasteiger partial charge in [-0.25, -0.2) is 0 Å². The van der Waals surface area contributed by atoms with Gasteiger partial charge >= 0.3 is 11.9 Å². The summed E-state index contributed by atoms with van der Waals surface area (Å²) in [5.74, 6) is -3.09. The van der Waals surface area contributed by atoms with Gasteiger partial charge in [-0.2, -0.15) is 0 Å². The van der Waals surface area contributed by atoms with E-state index in [1.165, 1.54) is 35.8 Å². The SMILES string of the molecule is Cc1nc(COP(=O)([O-])O)cc(CN(CCN(CC(=O)O)Cc2cc(COP(=O)([O-])O)nc(C)c2O)CC(=O)O)c1O.[Mn]. The number of phosphoric acid groups is 2. The van der Waals surface area contributed by atoms with E-state index in [-0.39, 0.29) is 88.6 Å². The Morgan fingerprint density at radius 3 is 1.40 bits per heavy atom. The Balaban J connectivity index is 0.00000924. The average Bonchev–Trinajstić information content (AvgIpc) is 2.84.